The van der Waals surface area contributed by atoms with Crippen LogP contribution in [-0.4, -0.2) is 9.97 Å². The van der Waals surface area contributed by atoms with Gasteiger partial charge in [0.25, 0.3) is 5.56 Å². The molecule has 1 N–H and O–H groups in total. The Morgan fingerprint density at radius 2 is 2.20 bits per heavy atom. The Hall–Kier alpha value is -1.90. The van der Waals surface area contributed by atoms with Gasteiger partial charge in [-0.3, -0.25) is 4.79 Å². The lowest BCUT2D eigenvalue weighted by Gasteiger charge is -2.01. The van der Waals surface area contributed by atoms with Crippen LogP contribution < -0.4 is 5.56 Å². The normalized spacial score (nSPS) is 10.2. The molecule has 0 amide bonds. The van der Waals surface area contributed by atoms with Crippen molar-refractivity contribution in [2.24, 2.45) is 0 Å². The van der Waals surface area contributed by atoms with Gasteiger partial charge in [-0.2, -0.15) is 0 Å². The SMILES string of the molecule is Cc1cccc(Cc2nccc(=O)[nH]2)c1. The number of aromatic nitrogens is 2. The summed E-state index contributed by atoms with van der Waals surface area (Å²) in [5, 5.41) is 0. The first kappa shape index (κ1) is 9.65. The summed E-state index contributed by atoms with van der Waals surface area (Å²) >= 11 is 0. The van der Waals surface area contributed by atoms with Crippen molar-refractivity contribution in [2.75, 3.05) is 0 Å². The number of benzene rings is 1. The van der Waals surface area contributed by atoms with Crippen LogP contribution in [0.3, 0.4) is 0 Å². The van der Waals surface area contributed by atoms with Crippen LogP contribution in [0.2, 0.25) is 0 Å². The molecule has 0 aliphatic carbocycles. The third-order valence-corrected chi connectivity index (χ3v) is 2.18. The molecule has 0 unspecified atom stereocenters. The molecule has 0 spiro atoms. The molecular formula is C12H12N2O. The van der Waals surface area contributed by atoms with Crippen molar-refractivity contribution in [1.29, 1.82) is 0 Å². The van der Waals surface area contributed by atoms with Gasteiger partial charge >= 0.3 is 0 Å². The van der Waals surface area contributed by atoms with Gasteiger partial charge in [0.2, 0.25) is 0 Å². The standard InChI is InChI=1S/C12H12N2O/c1-9-3-2-4-10(7-9)8-11-13-6-5-12(15)14-11/h2-7H,8H2,1H3,(H,13,14,15). The molecule has 76 valence electrons. The predicted molar refractivity (Wildman–Crippen MR) is 58.8 cm³/mol. The molecule has 1 aromatic carbocycles. The second kappa shape index (κ2) is 4.09. The Kier molecular flexibility index (Phi) is 2.63. The van der Waals surface area contributed by atoms with Crippen LogP contribution in [0.1, 0.15) is 17.0 Å². The molecule has 0 fully saturated rings. The molecule has 2 rings (SSSR count). The van der Waals surface area contributed by atoms with E-state index in [4.69, 9.17) is 0 Å². The molecule has 1 heterocycles. The topological polar surface area (TPSA) is 45.8 Å². The number of hydrogen-bond donors (Lipinski definition) is 1. The van der Waals surface area contributed by atoms with Crippen molar-refractivity contribution in [2.45, 2.75) is 13.3 Å². The van der Waals surface area contributed by atoms with Gasteiger partial charge < -0.3 is 4.98 Å². The Morgan fingerprint density at radius 3 is 2.93 bits per heavy atom. The van der Waals surface area contributed by atoms with E-state index in [9.17, 15) is 4.79 Å². The molecule has 3 heteroatoms. The van der Waals surface area contributed by atoms with Crippen molar-refractivity contribution in [3.63, 3.8) is 0 Å². The summed E-state index contributed by atoms with van der Waals surface area (Å²) in [4.78, 5) is 17.9. The maximum Gasteiger partial charge on any atom is 0.250 e. The Morgan fingerprint density at radius 1 is 1.33 bits per heavy atom. The molecule has 0 aliphatic rings. The fourth-order valence-electron chi connectivity index (χ4n) is 1.52. The smallest absolute Gasteiger partial charge is 0.250 e. The van der Waals surface area contributed by atoms with Crippen molar-refractivity contribution >= 4 is 0 Å². The van der Waals surface area contributed by atoms with Crippen LogP contribution in [0.5, 0.6) is 0 Å². The van der Waals surface area contributed by atoms with Crippen LogP contribution in [0, 0.1) is 6.92 Å². The number of rotatable bonds is 2. The van der Waals surface area contributed by atoms with Gasteiger partial charge in [0.05, 0.1) is 0 Å². The molecule has 0 saturated heterocycles. The Bertz CT molecular complexity index is 517. The maximum atomic E-state index is 11.1. The summed E-state index contributed by atoms with van der Waals surface area (Å²) in [7, 11) is 0. The third-order valence-electron chi connectivity index (χ3n) is 2.18. The molecule has 0 aliphatic heterocycles. The number of H-pyrrole nitrogens is 1. The fourth-order valence-corrected chi connectivity index (χ4v) is 1.52. The molecular weight excluding hydrogens is 188 g/mol. The lowest BCUT2D eigenvalue weighted by atomic mass is 10.1. The second-order valence-electron chi connectivity index (χ2n) is 3.55. The Labute approximate surface area is 87.8 Å². The minimum absolute atomic E-state index is 0.104. The highest BCUT2D eigenvalue weighted by Gasteiger charge is 1.98. The average Bonchev–Trinajstić information content (AvgIpc) is 2.17. The minimum atomic E-state index is -0.104. The number of aromatic amines is 1. The monoisotopic (exact) mass is 200 g/mol. The summed E-state index contributed by atoms with van der Waals surface area (Å²) in [6.45, 7) is 2.05. The first-order chi connectivity index (χ1) is 7.24. The zero-order valence-corrected chi connectivity index (χ0v) is 8.53. The van der Waals surface area contributed by atoms with Crippen LogP contribution >= 0.6 is 0 Å². The second-order valence-corrected chi connectivity index (χ2v) is 3.55. The van der Waals surface area contributed by atoms with Crippen molar-refractivity contribution in [3.05, 3.63) is 63.8 Å². The quantitative estimate of drug-likeness (QED) is 0.801. The highest BCUT2D eigenvalue weighted by molar-refractivity contribution is 5.24. The Balaban J connectivity index is 2.26. The first-order valence-corrected chi connectivity index (χ1v) is 4.84. The fraction of sp³-hybridized carbons (Fsp3) is 0.167. The molecule has 0 saturated carbocycles. The molecule has 0 bridgehead atoms. The van der Waals surface area contributed by atoms with Crippen LogP contribution in [-0.2, 0) is 6.42 Å². The van der Waals surface area contributed by atoms with Crippen LogP contribution in [0.4, 0.5) is 0 Å². The van der Waals surface area contributed by atoms with E-state index in [2.05, 4.69) is 16.0 Å². The van der Waals surface area contributed by atoms with Gasteiger partial charge in [0, 0.05) is 18.7 Å². The van der Waals surface area contributed by atoms with Crippen molar-refractivity contribution in [3.8, 4) is 0 Å². The summed E-state index contributed by atoms with van der Waals surface area (Å²) in [5.41, 5.74) is 2.27. The zero-order valence-electron chi connectivity index (χ0n) is 8.53. The molecule has 1 aromatic heterocycles. The number of hydrogen-bond acceptors (Lipinski definition) is 2. The van der Waals surface area contributed by atoms with E-state index < -0.39 is 0 Å². The first-order valence-electron chi connectivity index (χ1n) is 4.84. The van der Waals surface area contributed by atoms with E-state index in [0.717, 1.165) is 5.56 Å². The average molecular weight is 200 g/mol. The van der Waals surface area contributed by atoms with Gasteiger partial charge in [-0.25, -0.2) is 4.98 Å². The molecule has 0 atom stereocenters. The largest absolute Gasteiger partial charge is 0.310 e. The van der Waals surface area contributed by atoms with Crippen molar-refractivity contribution < 1.29 is 0 Å². The highest BCUT2D eigenvalue weighted by atomic mass is 16.1. The summed E-state index contributed by atoms with van der Waals surface area (Å²) in [6, 6.07) is 9.59. The van der Waals surface area contributed by atoms with Gasteiger partial charge in [0.15, 0.2) is 0 Å². The maximum absolute atomic E-state index is 11.1. The van der Waals surface area contributed by atoms with Crippen LogP contribution in [0.25, 0.3) is 0 Å². The van der Waals surface area contributed by atoms with Gasteiger partial charge in [-0.1, -0.05) is 29.8 Å². The van der Waals surface area contributed by atoms with E-state index in [-0.39, 0.29) is 5.56 Å². The van der Waals surface area contributed by atoms with E-state index in [1.165, 1.54) is 17.8 Å². The lowest BCUT2D eigenvalue weighted by molar-refractivity contribution is 0.945. The van der Waals surface area contributed by atoms with Gasteiger partial charge in [0.1, 0.15) is 5.82 Å². The molecule has 15 heavy (non-hydrogen) atoms. The highest BCUT2D eigenvalue weighted by Crippen LogP contribution is 2.06. The third kappa shape index (κ3) is 2.53. The van der Waals surface area contributed by atoms with E-state index >= 15 is 0 Å². The summed E-state index contributed by atoms with van der Waals surface area (Å²) in [5.74, 6) is 0.702. The van der Waals surface area contributed by atoms with Crippen LogP contribution in [0.15, 0.2) is 41.3 Å². The van der Waals surface area contributed by atoms with E-state index in [0.29, 0.717) is 12.2 Å². The molecule has 2 aromatic rings. The minimum Gasteiger partial charge on any atom is -0.310 e. The lowest BCUT2D eigenvalue weighted by Crippen LogP contribution is -2.09. The molecule has 3 nitrogen and oxygen atoms in total. The van der Waals surface area contributed by atoms with Crippen molar-refractivity contribution in [1.82, 2.24) is 9.97 Å². The number of nitrogens with one attached hydrogen (secondary N) is 1. The van der Waals surface area contributed by atoms with E-state index in [1.807, 2.05) is 25.1 Å². The predicted octanol–water partition coefficient (Wildman–Crippen LogP) is 1.67. The summed E-state index contributed by atoms with van der Waals surface area (Å²) in [6.07, 6.45) is 2.20. The van der Waals surface area contributed by atoms with E-state index in [1.54, 1.807) is 0 Å². The number of aryl methyl sites for hydroxylation is 1. The summed E-state index contributed by atoms with van der Waals surface area (Å²) < 4.78 is 0. The number of nitrogens with zero attached hydrogens (tertiary/aromatic N) is 1. The zero-order chi connectivity index (χ0) is 10.7. The van der Waals surface area contributed by atoms with Gasteiger partial charge in [-0.05, 0) is 12.5 Å². The van der Waals surface area contributed by atoms with Gasteiger partial charge in [-0.15, -0.1) is 0 Å². The molecule has 0 radical (unpaired) electrons.